The molecule has 0 spiro atoms. The minimum Gasteiger partial charge on any atom is -0.476 e. The summed E-state index contributed by atoms with van der Waals surface area (Å²) in [5, 5.41) is 21.5. The van der Waals surface area contributed by atoms with Crippen LogP contribution < -0.4 is 5.14 Å². The number of aryl methyl sites for hydroxylation is 1. The molecule has 1 fully saturated rings. The van der Waals surface area contributed by atoms with Crippen molar-refractivity contribution in [1.29, 1.82) is 0 Å². The third-order valence-corrected chi connectivity index (χ3v) is 11.1. The van der Waals surface area contributed by atoms with Gasteiger partial charge in [-0.05, 0) is 91.3 Å². The third-order valence-electron chi connectivity index (χ3n) is 8.31. The van der Waals surface area contributed by atoms with Gasteiger partial charge in [0.15, 0.2) is 5.69 Å². The molecule has 0 amide bonds. The summed E-state index contributed by atoms with van der Waals surface area (Å²) in [6.45, 7) is 2.05. The van der Waals surface area contributed by atoms with Crippen molar-refractivity contribution in [3.8, 4) is 38.0 Å². The number of nitrogens with zero attached hydrogens (tertiary/aromatic N) is 3. The number of carboxylic acid groups (broad SMARTS) is 1. The first-order chi connectivity index (χ1) is 22.9. The van der Waals surface area contributed by atoms with Crippen molar-refractivity contribution in [2.45, 2.75) is 37.5 Å². The van der Waals surface area contributed by atoms with Crippen molar-refractivity contribution in [1.82, 2.24) is 14.8 Å². The zero-order valence-electron chi connectivity index (χ0n) is 25.5. The van der Waals surface area contributed by atoms with Gasteiger partial charge >= 0.3 is 5.97 Å². The number of aromatic carboxylic acids is 1. The van der Waals surface area contributed by atoms with Crippen molar-refractivity contribution in [3.63, 3.8) is 0 Å². The molecule has 0 bridgehead atoms. The summed E-state index contributed by atoms with van der Waals surface area (Å²) in [6.07, 6.45) is 2.80. The van der Waals surface area contributed by atoms with Crippen molar-refractivity contribution < 1.29 is 27.1 Å². The van der Waals surface area contributed by atoms with Crippen LogP contribution in [0.5, 0.6) is 0 Å². The van der Waals surface area contributed by atoms with Crippen LogP contribution in [0.2, 0.25) is 0 Å². The monoisotopic (exact) mass is 702 g/mol. The number of hydrogen-bond acceptors (Lipinski definition) is 7. The lowest BCUT2D eigenvalue weighted by molar-refractivity contribution is 0.0691. The number of aromatic nitrogens is 3. The van der Waals surface area contributed by atoms with Crippen LogP contribution >= 0.6 is 22.7 Å². The number of benzene rings is 3. The van der Waals surface area contributed by atoms with Gasteiger partial charge in [0.2, 0.25) is 15.2 Å². The highest BCUT2D eigenvalue weighted by Crippen LogP contribution is 2.39. The van der Waals surface area contributed by atoms with Gasteiger partial charge in [0.1, 0.15) is 16.5 Å². The van der Waals surface area contributed by atoms with Crippen LogP contribution in [0.25, 0.3) is 38.0 Å². The second-order valence-corrected chi connectivity index (χ2v) is 15.5. The molecule has 6 aromatic rings. The number of thiophene rings is 1. The molecule has 0 atom stereocenters. The topological polar surface area (TPSA) is 128 Å². The molecule has 3 heterocycles. The minimum atomic E-state index is -4.26. The number of sulfonamides is 1. The highest BCUT2D eigenvalue weighted by Gasteiger charge is 2.30. The molecular weight excluding hydrogens is 675 g/mol. The molecule has 0 aliphatic heterocycles. The van der Waals surface area contributed by atoms with Gasteiger partial charge in [-0.2, -0.15) is 5.10 Å². The summed E-state index contributed by atoms with van der Waals surface area (Å²) in [5.74, 6) is -2.17. The maximum atomic E-state index is 15.4. The van der Waals surface area contributed by atoms with E-state index in [-0.39, 0.29) is 12.1 Å². The Balaban J connectivity index is 1.36. The Morgan fingerprint density at radius 1 is 0.979 bits per heavy atom. The van der Waals surface area contributed by atoms with E-state index in [0.717, 1.165) is 58.0 Å². The van der Waals surface area contributed by atoms with Crippen LogP contribution in [0.1, 0.15) is 45.0 Å². The lowest BCUT2D eigenvalue weighted by Crippen LogP contribution is -2.14. The van der Waals surface area contributed by atoms with Crippen LogP contribution in [0.3, 0.4) is 0 Å². The Hall–Kier alpha value is -4.56. The summed E-state index contributed by atoms with van der Waals surface area (Å²) in [6, 6.07) is 20.3. The lowest BCUT2D eigenvalue weighted by atomic mass is 9.94. The highest BCUT2D eigenvalue weighted by atomic mass is 32.2. The maximum Gasteiger partial charge on any atom is 0.355 e. The maximum absolute atomic E-state index is 15.4. The smallest absolute Gasteiger partial charge is 0.355 e. The van der Waals surface area contributed by atoms with Crippen LogP contribution in [0.4, 0.5) is 8.78 Å². The van der Waals surface area contributed by atoms with Crippen molar-refractivity contribution in [3.05, 3.63) is 117 Å². The van der Waals surface area contributed by atoms with Crippen LogP contribution in [-0.2, 0) is 22.9 Å². The van der Waals surface area contributed by atoms with Gasteiger partial charge in [-0.15, -0.1) is 22.7 Å². The molecular formula is C35H28F2N4O4S3. The van der Waals surface area contributed by atoms with E-state index in [0.29, 0.717) is 45.4 Å². The number of nitrogens with two attached hydrogens (primary N) is 1. The first-order valence-corrected chi connectivity index (χ1v) is 18.3. The van der Waals surface area contributed by atoms with Gasteiger partial charge in [0.05, 0.1) is 11.4 Å². The minimum absolute atomic E-state index is 0.114. The van der Waals surface area contributed by atoms with E-state index in [4.69, 9.17) is 10.2 Å². The standard InChI is InChI=1S/C35H28F2N4O4S3/c1-19-2-12-31(47-19)23-8-6-22(7-9-23)25-17-24(10-11-27(25)36)33-26(14-21-5-13-32(28(37)15-21)48(38,44)45)30(16-20-3-4-20)41(40-33)35-39-29(18-46-35)34(42)43/h2,5-13,15,17-18,20H,3-4,14,16H2,1H3,(H,42,43)(H2,38,44,45). The predicted molar refractivity (Wildman–Crippen MR) is 182 cm³/mol. The Morgan fingerprint density at radius 3 is 2.33 bits per heavy atom. The summed E-state index contributed by atoms with van der Waals surface area (Å²) >= 11 is 2.82. The molecule has 48 heavy (non-hydrogen) atoms. The molecule has 8 nitrogen and oxygen atoms in total. The number of primary sulfonamides is 1. The number of halogens is 2. The second-order valence-electron chi connectivity index (χ2n) is 11.8. The molecule has 3 N–H and O–H groups in total. The zero-order valence-corrected chi connectivity index (χ0v) is 27.9. The fourth-order valence-electron chi connectivity index (χ4n) is 5.71. The fraction of sp³-hybridized carbons (Fsp3) is 0.171. The van der Waals surface area contributed by atoms with E-state index in [1.165, 1.54) is 22.4 Å². The highest BCUT2D eigenvalue weighted by molar-refractivity contribution is 7.89. The number of thiazole rings is 1. The number of carbonyl (C=O) groups is 1. The van der Waals surface area contributed by atoms with E-state index >= 15 is 4.39 Å². The Morgan fingerprint density at radius 2 is 1.71 bits per heavy atom. The molecule has 0 unspecified atom stereocenters. The molecule has 244 valence electrons. The molecule has 3 aromatic heterocycles. The average molecular weight is 703 g/mol. The summed E-state index contributed by atoms with van der Waals surface area (Å²) < 4.78 is 55.8. The van der Waals surface area contributed by atoms with Crippen molar-refractivity contribution in [2.75, 3.05) is 0 Å². The van der Waals surface area contributed by atoms with Crippen molar-refractivity contribution in [2.24, 2.45) is 11.1 Å². The Kier molecular flexibility index (Phi) is 8.32. The second kappa shape index (κ2) is 12.5. The fourth-order valence-corrected chi connectivity index (χ4v) is 7.95. The molecule has 1 aliphatic rings. The average Bonchev–Trinajstić information content (AvgIpc) is 3.38. The molecule has 1 saturated carbocycles. The number of rotatable bonds is 10. The van der Waals surface area contributed by atoms with Gasteiger partial charge < -0.3 is 5.11 Å². The van der Waals surface area contributed by atoms with Gasteiger partial charge in [0, 0.05) is 38.2 Å². The van der Waals surface area contributed by atoms with E-state index in [9.17, 15) is 22.7 Å². The number of carboxylic acids is 1. The molecule has 3 aromatic carbocycles. The van der Waals surface area contributed by atoms with Crippen molar-refractivity contribution >= 4 is 38.7 Å². The van der Waals surface area contributed by atoms with Gasteiger partial charge in [-0.25, -0.2) is 36.8 Å². The van der Waals surface area contributed by atoms with Gasteiger partial charge in [-0.1, -0.05) is 30.3 Å². The zero-order chi connectivity index (χ0) is 33.7. The largest absolute Gasteiger partial charge is 0.476 e. The van der Waals surface area contributed by atoms with Crippen LogP contribution in [0.15, 0.2) is 83.1 Å². The van der Waals surface area contributed by atoms with E-state index in [1.54, 1.807) is 28.2 Å². The molecule has 7 rings (SSSR count). The normalized spacial score (nSPS) is 13.2. The predicted octanol–water partition coefficient (Wildman–Crippen LogP) is 7.87. The summed E-state index contributed by atoms with van der Waals surface area (Å²) in [7, 11) is -4.26. The Labute approximate surface area is 283 Å². The quantitative estimate of drug-likeness (QED) is 0.150. The first kappa shape index (κ1) is 32.0. The van der Waals surface area contributed by atoms with Gasteiger partial charge in [0.25, 0.3) is 0 Å². The molecule has 1 aliphatic carbocycles. The summed E-state index contributed by atoms with van der Waals surface area (Å²) in [5.41, 5.74) is 5.04. The SMILES string of the molecule is Cc1ccc(-c2ccc(-c3cc(-c4nn(-c5nc(C(=O)O)cs5)c(CC5CC5)c4Cc4ccc(S(N)(=O)=O)c(F)c4)ccc3F)cc2)s1. The molecule has 0 radical (unpaired) electrons. The van der Waals surface area contributed by atoms with E-state index < -0.39 is 32.5 Å². The number of hydrogen-bond donors (Lipinski definition) is 2. The first-order valence-electron chi connectivity index (χ1n) is 15.0. The third kappa shape index (κ3) is 6.46. The van der Waals surface area contributed by atoms with Gasteiger partial charge in [-0.3, -0.25) is 0 Å². The lowest BCUT2D eigenvalue weighted by Gasteiger charge is -2.11. The molecule has 0 saturated heterocycles. The van der Waals surface area contributed by atoms with Crippen LogP contribution in [0, 0.1) is 24.5 Å². The van der Waals surface area contributed by atoms with E-state index in [1.807, 2.05) is 31.2 Å². The molecule has 13 heteroatoms. The van der Waals surface area contributed by atoms with Crippen LogP contribution in [-0.4, -0.2) is 34.3 Å². The Bertz CT molecular complexity index is 2310. The summed E-state index contributed by atoms with van der Waals surface area (Å²) in [4.78, 5) is 17.7. The van der Waals surface area contributed by atoms with E-state index in [2.05, 4.69) is 17.1 Å².